The third kappa shape index (κ3) is 3.48. The van der Waals surface area contributed by atoms with Crippen LogP contribution in [0.5, 0.6) is 11.5 Å². The molecule has 0 saturated carbocycles. The Labute approximate surface area is 148 Å². The van der Waals surface area contributed by atoms with Crippen molar-refractivity contribution in [1.29, 1.82) is 0 Å². The van der Waals surface area contributed by atoms with E-state index >= 15 is 0 Å². The molecule has 0 aliphatic carbocycles. The zero-order chi connectivity index (χ0) is 17.1. The fraction of sp³-hybridized carbons (Fsp3) is 0.474. The topological polar surface area (TPSA) is 59.5 Å². The number of ether oxygens (including phenoxy) is 2. The number of benzene rings is 1. The molecule has 3 heterocycles. The van der Waals surface area contributed by atoms with E-state index in [2.05, 4.69) is 26.3 Å². The number of anilines is 2. The molecular weight excluding hydrogens is 316 g/mol. The maximum atomic E-state index is 5.93. The Kier molecular flexibility index (Phi) is 4.59. The SMILES string of the molecule is COc1ccc2c(c1)OCC(CNc1nccnc1N1CCCC1)C2. The van der Waals surface area contributed by atoms with Gasteiger partial charge in [0.2, 0.25) is 0 Å². The van der Waals surface area contributed by atoms with Crippen molar-refractivity contribution in [2.24, 2.45) is 5.92 Å². The second kappa shape index (κ2) is 7.17. The smallest absolute Gasteiger partial charge is 0.171 e. The fourth-order valence-electron chi connectivity index (χ4n) is 3.53. The lowest BCUT2D eigenvalue weighted by atomic mass is 9.96. The average Bonchev–Trinajstić information content (AvgIpc) is 3.20. The number of aromatic nitrogens is 2. The lowest BCUT2D eigenvalue weighted by molar-refractivity contribution is 0.228. The van der Waals surface area contributed by atoms with Gasteiger partial charge in [0.1, 0.15) is 11.5 Å². The molecule has 1 saturated heterocycles. The molecule has 4 rings (SSSR count). The summed E-state index contributed by atoms with van der Waals surface area (Å²) >= 11 is 0. The van der Waals surface area contributed by atoms with Gasteiger partial charge in [-0.15, -0.1) is 0 Å². The van der Waals surface area contributed by atoms with Gasteiger partial charge in [-0.1, -0.05) is 6.07 Å². The minimum Gasteiger partial charge on any atom is -0.497 e. The predicted molar refractivity (Wildman–Crippen MR) is 97.7 cm³/mol. The van der Waals surface area contributed by atoms with Gasteiger partial charge in [0.25, 0.3) is 0 Å². The first-order chi connectivity index (χ1) is 12.3. The average molecular weight is 340 g/mol. The van der Waals surface area contributed by atoms with Gasteiger partial charge in [-0.05, 0) is 30.9 Å². The first-order valence-electron chi connectivity index (χ1n) is 8.93. The lowest BCUT2D eigenvalue weighted by Gasteiger charge is -2.26. The van der Waals surface area contributed by atoms with Crippen LogP contribution >= 0.6 is 0 Å². The first kappa shape index (κ1) is 16.0. The van der Waals surface area contributed by atoms with E-state index in [1.54, 1.807) is 19.5 Å². The van der Waals surface area contributed by atoms with Crippen molar-refractivity contribution in [3.63, 3.8) is 0 Å². The van der Waals surface area contributed by atoms with Crippen molar-refractivity contribution in [3.8, 4) is 11.5 Å². The summed E-state index contributed by atoms with van der Waals surface area (Å²) in [4.78, 5) is 11.4. The molecule has 0 amide bonds. The van der Waals surface area contributed by atoms with Gasteiger partial charge in [0, 0.05) is 44.0 Å². The molecule has 2 aliphatic heterocycles. The van der Waals surface area contributed by atoms with Crippen LogP contribution < -0.4 is 19.7 Å². The third-order valence-corrected chi connectivity index (χ3v) is 4.90. The zero-order valence-electron chi connectivity index (χ0n) is 14.6. The monoisotopic (exact) mass is 340 g/mol. The molecule has 1 N–H and O–H groups in total. The van der Waals surface area contributed by atoms with Crippen molar-refractivity contribution >= 4 is 11.6 Å². The van der Waals surface area contributed by atoms with Crippen molar-refractivity contribution in [2.45, 2.75) is 19.3 Å². The summed E-state index contributed by atoms with van der Waals surface area (Å²) < 4.78 is 11.2. The Bertz CT molecular complexity index is 731. The summed E-state index contributed by atoms with van der Waals surface area (Å²) in [5.41, 5.74) is 1.23. The molecule has 1 unspecified atom stereocenters. The van der Waals surface area contributed by atoms with Crippen molar-refractivity contribution < 1.29 is 9.47 Å². The van der Waals surface area contributed by atoms with Crippen LogP contribution in [-0.4, -0.2) is 43.3 Å². The molecule has 132 valence electrons. The van der Waals surface area contributed by atoms with Gasteiger partial charge in [0.15, 0.2) is 11.6 Å². The van der Waals surface area contributed by atoms with Crippen LogP contribution in [0.1, 0.15) is 18.4 Å². The summed E-state index contributed by atoms with van der Waals surface area (Å²) in [5, 5.41) is 3.49. The molecule has 6 heteroatoms. The van der Waals surface area contributed by atoms with Crippen LogP contribution in [0.4, 0.5) is 11.6 Å². The van der Waals surface area contributed by atoms with Crippen molar-refractivity contribution in [2.75, 3.05) is 43.6 Å². The Morgan fingerprint density at radius 2 is 2.08 bits per heavy atom. The second-order valence-corrected chi connectivity index (χ2v) is 6.66. The molecule has 2 aliphatic rings. The number of rotatable bonds is 5. The molecular formula is C19H24N4O2. The standard InChI is InChI=1S/C19H24N4O2/c1-24-16-5-4-15-10-14(13-25-17(15)11-16)12-22-18-19(21-7-6-20-18)23-8-2-3-9-23/h4-7,11,14H,2-3,8-10,12-13H2,1H3,(H,20,22). The third-order valence-electron chi connectivity index (χ3n) is 4.90. The molecule has 25 heavy (non-hydrogen) atoms. The largest absolute Gasteiger partial charge is 0.497 e. The van der Waals surface area contributed by atoms with Crippen LogP contribution in [0.2, 0.25) is 0 Å². The maximum absolute atomic E-state index is 5.93. The Hall–Kier alpha value is -2.50. The number of nitrogens with one attached hydrogen (secondary N) is 1. The summed E-state index contributed by atoms with van der Waals surface area (Å²) in [6.07, 6.45) is 6.97. The second-order valence-electron chi connectivity index (χ2n) is 6.66. The quantitative estimate of drug-likeness (QED) is 0.903. The molecule has 0 spiro atoms. The van der Waals surface area contributed by atoms with Crippen LogP contribution in [0.3, 0.4) is 0 Å². The Balaban J connectivity index is 1.41. The maximum Gasteiger partial charge on any atom is 0.171 e. The van der Waals surface area contributed by atoms with Crippen LogP contribution in [0, 0.1) is 5.92 Å². The molecule has 6 nitrogen and oxygen atoms in total. The molecule has 2 aromatic rings. The van der Waals surface area contributed by atoms with Gasteiger partial charge in [-0.3, -0.25) is 0 Å². The first-order valence-corrected chi connectivity index (χ1v) is 8.93. The van der Waals surface area contributed by atoms with Crippen molar-refractivity contribution in [1.82, 2.24) is 9.97 Å². The van der Waals surface area contributed by atoms with E-state index in [0.717, 1.165) is 49.2 Å². The van der Waals surface area contributed by atoms with Gasteiger partial charge < -0.3 is 19.7 Å². The van der Waals surface area contributed by atoms with Crippen LogP contribution in [0.25, 0.3) is 0 Å². The van der Waals surface area contributed by atoms with Gasteiger partial charge in [0.05, 0.1) is 13.7 Å². The number of nitrogens with zero attached hydrogens (tertiary/aromatic N) is 3. The highest BCUT2D eigenvalue weighted by Gasteiger charge is 2.22. The number of hydrogen-bond acceptors (Lipinski definition) is 6. The summed E-state index contributed by atoms with van der Waals surface area (Å²) in [5.74, 6) is 4.04. The fourth-order valence-corrected chi connectivity index (χ4v) is 3.53. The summed E-state index contributed by atoms with van der Waals surface area (Å²) in [6.45, 7) is 3.65. The summed E-state index contributed by atoms with van der Waals surface area (Å²) in [6, 6.07) is 6.05. The van der Waals surface area contributed by atoms with Gasteiger partial charge in [-0.25, -0.2) is 9.97 Å². The molecule has 1 aromatic carbocycles. The van der Waals surface area contributed by atoms with E-state index in [4.69, 9.17) is 9.47 Å². The minimum atomic E-state index is 0.411. The number of fused-ring (bicyclic) bond motifs is 1. The minimum absolute atomic E-state index is 0.411. The van der Waals surface area contributed by atoms with E-state index in [0.29, 0.717) is 12.5 Å². The Morgan fingerprint density at radius 3 is 2.92 bits per heavy atom. The van der Waals surface area contributed by atoms with Crippen LogP contribution in [-0.2, 0) is 6.42 Å². The molecule has 1 fully saturated rings. The summed E-state index contributed by atoms with van der Waals surface area (Å²) in [7, 11) is 1.68. The molecule has 1 aromatic heterocycles. The normalized spacial score (nSPS) is 19.2. The lowest BCUT2D eigenvalue weighted by Crippen LogP contribution is -2.28. The molecule has 1 atom stereocenters. The predicted octanol–water partition coefficient (Wildman–Crippen LogP) is 2.75. The van der Waals surface area contributed by atoms with E-state index < -0.39 is 0 Å². The Morgan fingerprint density at radius 1 is 1.24 bits per heavy atom. The van der Waals surface area contributed by atoms with Gasteiger partial charge in [-0.2, -0.15) is 0 Å². The molecule has 0 radical (unpaired) electrons. The van der Waals surface area contributed by atoms with Crippen LogP contribution in [0.15, 0.2) is 30.6 Å². The van der Waals surface area contributed by atoms with E-state index in [-0.39, 0.29) is 0 Å². The number of hydrogen-bond donors (Lipinski definition) is 1. The molecule has 0 bridgehead atoms. The number of methoxy groups -OCH3 is 1. The van der Waals surface area contributed by atoms with E-state index in [1.165, 1.54) is 18.4 Å². The van der Waals surface area contributed by atoms with Crippen molar-refractivity contribution in [3.05, 3.63) is 36.2 Å². The van der Waals surface area contributed by atoms with E-state index in [9.17, 15) is 0 Å². The zero-order valence-corrected chi connectivity index (χ0v) is 14.6. The highest BCUT2D eigenvalue weighted by molar-refractivity contribution is 5.61. The van der Waals surface area contributed by atoms with Gasteiger partial charge >= 0.3 is 0 Å². The highest BCUT2D eigenvalue weighted by Crippen LogP contribution is 2.31. The van der Waals surface area contributed by atoms with E-state index in [1.807, 2.05) is 12.1 Å². The highest BCUT2D eigenvalue weighted by atomic mass is 16.5.